The zero-order valence-corrected chi connectivity index (χ0v) is 14.2. The number of carbonyl (C=O) groups is 1. The van der Waals surface area contributed by atoms with Gasteiger partial charge in [0.1, 0.15) is 0 Å². The number of rotatable bonds is 6. The van der Waals surface area contributed by atoms with Crippen LogP contribution in [0.25, 0.3) is 0 Å². The van der Waals surface area contributed by atoms with Crippen LogP contribution in [0, 0.1) is 18.6 Å². The molecule has 1 unspecified atom stereocenters. The van der Waals surface area contributed by atoms with E-state index in [0.29, 0.717) is 18.4 Å². The van der Waals surface area contributed by atoms with Crippen molar-refractivity contribution in [2.75, 3.05) is 7.05 Å². The average molecular weight is 332 g/mol. The molecule has 0 saturated heterocycles. The molecule has 0 bridgehead atoms. The lowest BCUT2D eigenvalue weighted by Crippen LogP contribution is -2.36. The normalized spacial score (nSPS) is 12.0. The Bertz CT molecular complexity index is 718. The van der Waals surface area contributed by atoms with E-state index in [4.69, 9.17) is 0 Å². The second kappa shape index (κ2) is 7.99. The minimum absolute atomic E-state index is 0.0109. The summed E-state index contributed by atoms with van der Waals surface area (Å²) in [6.45, 7) is 3.98. The SMILES string of the molecule is Cc1ccnc(CC(C)N(C)C(=O)CCc2ccc(F)c(F)c2)c1. The van der Waals surface area contributed by atoms with E-state index < -0.39 is 11.6 Å². The molecule has 0 aliphatic carbocycles. The summed E-state index contributed by atoms with van der Waals surface area (Å²) in [5, 5.41) is 0. The molecule has 0 spiro atoms. The van der Waals surface area contributed by atoms with E-state index in [1.54, 1.807) is 18.1 Å². The molecule has 1 aromatic heterocycles. The Morgan fingerprint density at radius 1 is 1.21 bits per heavy atom. The molecule has 3 nitrogen and oxygen atoms in total. The van der Waals surface area contributed by atoms with Gasteiger partial charge < -0.3 is 4.90 Å². The Labute approximate surface area is 141 Å². The number of hydrogen-bond donors (Lipinski definition) is 0. The lowest BCUT2D eigenvalue weighted by atomic mass is 10.1. The van der Waals surface area contributed by atoms with E-state index in [0.717, 1.165) is 23.4 Å². The third kappa shape index (κ3) is 4.85. The van der Waals surface area contributed by atoms with E-state index >= 15 is 0 Å². The highest BCUT2D eigenvalue weighted by Crippen LogP contribution is 2.13. The molecule has 1 atom stereocenters. The van der Waals surface area contributed by atoms with Gasteiger partial charge in [-0.3, -0.25) is 9.78 Å². The van der Waals surface area contributed by atoms with Gasteiger partial charge in [-0.15, -0.1) is 0 Å². The summed E-state index contributed by atoms with van der Waals surface area (Å²) in [5.74, 6) is -1.78. The van der Waals surface area contributed by atoms with Crippen LogP contribution in [0.5, 0.6) is 0 Å². The molecule has 5 heteroatoms. The van der Waals surface area contributed by atoms with Crippen LogP contribution in [0.4, 0.5) is 8.78 Å². The second-order valence-electron chi connectivity index (χ2n) is 6.13. The number of pyridine rings is 1. The molecule has 0 aliphatic heterocycles. The minimum atomic E-state index is -0.882. The van der Waals surface area contributed by atoms with Crippen LogP contribution >= 0.6 is 0 Å². The Kier molecular flexibility index (Phi) is 6.01. The summed E-state index contributed by atoms with van der Waals surface area (Å²) in [6, 6.07) is 7.69. The molecule has 128 valence electrons. The van der Waals surface area contributed by atoms with Crippen molar-refractivity contribution >= 4 is 5.91 Å². The van der Waals surface area contributed by atoms with Crippen molar-refractivity contribution < 1.29 is 13.6 Å². The van der Waals surface area contributed by atoms with Crippen LogP contribution in [0.2, 0.25) is 0 Å². The van der Waals surface area contributed by atoms with Gasteiger partial charge in [-0.2, -0.15) is 0 Å². The molecule has 0 saturated carbocycles. The number of aromatic nitrogens is 1. The Hall–Kier alpha value is -2.30. The fraction of sp³-hybridized carbons (Fsp3) is 0.368. The number of aryl methyl sites for hydroxylation is 2. The first-order chi connectivity index (χ1) is 11.4. The fourth-order valence-corrected chi connectivity index (χ4v) is 2.52. The molecular formula is C19H22F2N2O. The molecule has 0 N–H and O–H groups in total. The van der Waals surface area contributed by atoms with Crippen LogP contribution < -0.4 is 0 Å². The van der Waals surface area contributed by atoms with E-state index in [1.165, 1.54) is 6.07 Å². The zero-order valence-electron chi connectivity index (χ0n) is 14.2. The average Bonchev–Trinajstić information content (AvgIpc) is 2.55. The Balaban J connectivity index is 1.89. The number of carbonyl (C=O) groups excluding carboxylic acids is 1. The fourth-order valence-electron chi connectivity index (χ4n) is 2.52. The van der Waals surface area contributed by atoms with Gasteiger partial charge in [-0.05, 0) is 55.7 Å². The van der Waals surface area contributed by atoms with Gasteiger partial charge in [0.15, 0.2) is 11.6 Å². The molecule has 0 aliphatic rings. The molecule has 1 heterocycles. The maximum Gasteiger partial charge on any atom is 0.222 e. The molecule has 1 amide bonds. The molecule has 0 fully saturated rings. The van der Waals surface area contributed by atoms with Gasteiger partial charge in [-0.1, -0.05) is 6.07 Å². The van der Waals surface area contributed by atoms with Crippen molar-refractivity contribution in [3.63, 3.8) is 0 Å². The Morgan fingerprint density at radius 2 is 1.96 bits per heavy atom. The highest BCUT2D eigenvalue weighted by Gasteiger charge is 2.17. The summed E-state index contributed by atoms with van der Waals surface area (Å²) in [4.78, 5) is 18.3. The Morgan fingerprint density at radius 3 is 2.62 bits per heavy atom. The summed E-state index contributed by atoms with van der Waals surface area (Å²) >= 11 is 0. The summed E-state index contributed by atoms with van der Waals surface area (Å²) in [7, 11) is 1.76. The number of halogens is 2. The van der Waals surface area contributed by atoms with Crippen molar-refractivity contribution in [1.29, 1.82) is 0 Å². The monoisotopic (exact) mass is 332 g/mol. The smallest absolute Gasteiger partial charge is 0.222 e. The number of likely N-dealkylation sites (N-methyl/N-ethyl adjacent to an activating group) is 1. The van der Waals surface area contributed by atoms with E-state index in [1.807, 2.05) is 26.0 Å². The first-order valence-corrected chi connectivity index (χ1v) is 7.98. The van der Waals surface area contributed by atoms with Gasteiger partial charge in [-0.25, -0.2) is 8.78 Å². The largest absolute Gasteiger partial charge is 0.343 e. The number of benzene rings is 1. The zero-order chi connectivity index (χ0) is 17.7. The van der Waals surface area contributed by atoms with Crippen molar-refractivity contribution in [2.24, 2.45) is 0 Å². The highest BCUT2D eigenvalue weighted by molar-refractivity contribution is 5.76. The molecule has 2 aromatic rings. The number of amides is 1. The summed E-state index contributed by atoms with van der Waals surface area (Å²) in [6.07, 6.45) is 3.08. The minimum Gasteiger partial charge on any atom is -0.343 e. The topological polar surface area (TPSA) is 33.2 Å². The third-order valence-electron chi connectivity index (χ3n) is 4.14. The lowest BCUT2D eigenvalue weighted by Gasteiger charge is -2.25. The van der Waals surface area contributed by atoms with E-state index in [2.05, 4.69) is 4.98 Å². The first-order valence-electron chi connectivity index (χ1n) is 7.98. The molecule has 24 heavy (non-hydrogen) atoms. The third-order valence-corrected chi connectivity index (χ3v) is 4.14. The quantitative estimate of drug-likeness (QED) is 0.808. The maximum atomic E-state index is 13.2. The summed E-state index contributed by atoms with van der Waals surface area (Å²) < 4.78 is 26.1. The van der Waals surface area contributed by atoms with Gasteiger partial charge in [0.05, 0.1) is 0 Å². The van der Waals surface area contributed by atoms with E-state index in [-0.39, 0.29) is 18.4 Å². The van der Waals surface area contributed by atoms with Crippen LogP contribution in [-0.4, -0.2) is 28.9 Å². The van der Waals surface area contributed by atoms with Crippen LogP contribution in [0.15, 0.2) is 36.5 Å². The number of hydrogen-bond acceptors (Lipinski definition) is 2. The lowest BCUT2D eigenvalue weighted by molar-refractivity contribution is -0.131. The first kappa shape index (κ1) is 18.0. The summed E-state index contributed by atoms with van der Waals surface area (Å²) in [5.41, 5.74) is 2.70. The van der Waals surface area contributed by atoms with Crippen molar-refractivity contribution in [3.8, 4) is 0 Å². The van der Waals surface area contributed by atoms with Gasteiger partial charge in [0.25, 0.3) is 0 Å². The van der Waals surface area contributed by atoms with E-state index in [9.17, 15) is 13.6 Å². The number of nitrogens with zero attached hydrogens (tertiary/aromatic N) is 2. The highest BCUT2D eigenvalue weighted by atomic mass is 19.2. The van der Waals surface area contributed by atoms with Crippen LogP contribution in [0.1, 0.15) is 30.2 Å². The predicted molar refractivity (Wildman–Crippen MR) is 89.6 cm³/mol. The van der Waals surface area contributed by atoms with Crippen molar-refractivity contribution in [2.45, 2.75) is 39.2 Å². The standard InChI is InChI=1S/C19H22F2N2O/c1-13-8-9-22-16(10-13)11-14(2)23(3)19(24)7-5-15-4-6-17(20)18(21)12-15/h4,6,8-10,12,14H,5,7,11H2,1-3H3. The van der Waals surface area contributed by atoms with Crippen molar-refractivity contribution in [1.82, 2.24) is 9.88 Å². The van der Waals surface area contributed by atoms with Crippen LogP contribution in [-0.2, 0) is 17.6 Å². The van der Waals surface area contributed by atoms with Crippen molar-refractivity contribution in [3.05, 3.63) is 65.0 Å². The van der Waals surface area contributed by atoms with Crippen LogP contribution in [0.3, 0.4) is 0 Å². The van der Waals surface area contributed by atoms with Gasteiger partial charge >= 0.3 is 0 Å². The van der Waals surface area contributed by atoms with Gasteiger partial charge in [0, 0.05) is 37.8 Å². The van der Waals surface area contributed by atoms with Gasteiger partial charge in [0.2, 0.25) is 5.91 Å². The molecule has 0 radical (unpaired) electrons. The molecule has 1 aromatic carbocycles. The molecule has 2 rings (SSSR count). The molecular weight excluding hydrogens is 310 g/mol. The second-order valence-corrected chi connectivity index (χ2v) is 6.13. The maximum absolute atomic E-state index is 13.2. The predicted octanol–water partition coefficient (Wildman–Crippen LogP) is 3.69.